The van der Waals surface area contributed by atoms with Crippen LogP contribution in [0.15, 0.2) is 36.4 Å². The molecule has 0 amide bonds. The molecule has 0 radical (unpaired) electrons. The first-order chi connectivity index (χ1) is 8.61. The van der Waals surface area contributed by atoms with Gasteiger partial charge in [0.25, 0.3) is 0 Å². The van der Waals surface area contributed by atoms with Gasteiger partial charge in [0.1, 0.15) is 12.0 Å². The zero-order valence-corrected chi connectivity index (χ0v) is 10.5. The number of nitrogens with zero attached hydrogens (tertiary/aromatic N) is 1. The van der Waals surface area contributed by atoms with E-state index in [0.29, 0.717) is 0 Å². The Kier molecular flexibility index (Phi) is 3.79. The van der Waals surface area contributed by atoms with Crippen molar-refractivity contribution in [1.29, 1.82) is 0 Å². The fraction of sp³-hybridized carbons (Fsp3) is 0.357. The standard InChI is InChI=1S/C14H17NO3/c1-10(11-3-6-13(18-2)7-4-11)15-9-12(16)5-8-14(15)17/h3-8,10,14,17H,9H2,1-2H3/t10-,14-/m1/s1. The lowest BCUT2D eigenvalue weighted by Crippen LogP contribution is -2.42. The maximum Gasteiger partial charge on any atom is 0.169 e. The number of methoxy groups -OCH3 is 1. The van der Waals surface area contributed by atoms with Crippen molar-refractivity contribution < 1.29 is 14.6 Å². The summed E-state index contributed by atoms with van der Waals surface area (Å²) in [6.45, 7) is 2.21. The van der Waals surface area contributed by atoms with E-state index in [4.69, 9.17) is 4.74 Å². The van der Waals surface area contributed by atoms with Crippen LogP contribution >= 0.6 is 0 Å². The summed E-state index contributed by atoms with van der Waals surface area (Å²) in [6.07, 6.45) is 2.24. The molecule has 96 valence electrons. The Bertz CT molecular complexity index is 453. The van der Waals surface area contributed by atoms with Crippen LogP contribution in [-0.2, 0) is 4.79 Å². The largest absolute Gasteiger partial charge is 0.497 e. The zero-order chi connectivity index (χ0) is 13.1. The van der Waals surface area contributed by atoms with Crippen molar-refractivity contribution in [3.8, 4) is 5.75 Å². The topological polar surface area (TPSA) is 49.8 Å². The zero-order valence-electron chi connectivity index (χ0n) is 10.5. The molecule has 18 heavy (non-hydrogen) atoms. The summed E-state index contributed by atoms with van der Waals surface area (Å²) < 4.78 is 5.10. The molecule has 4 heteroatoms. The number of aliphatic hydroxyl groups excluding tert-OH is 1. The average Bonchev–Trinajstić information content (AvgIpc) is 2.41. The molecule has 1 aliphatic heterocycles. The van der Waals surface area contributed by atoms with Crippen molar-refractivity contribution in [2.45, 2.75) is 19.2 Å². The summed E-state index contributed by atoms with van der Waals surface area (Å²) in [5.74, 6) is 0.807. The minimum atomic E-state index is -0.709. The molecule has 4 nitrogen and oxygen atoms in total. The third-order valence-corrected chi connectivity index (χ3v) is 3.23. The van der Waals surface area contributed by atoms with E-state index in [1.807, 2.05) is 31.2 Å². The first-order valence-electron chi connectivity index (χ1n) is 5.90. The molecule has 2 atom stereocenters. The second-order valence-electron chi connectivity index (χ2n) is 4.36. The van der Waals surface area contributed by atoms with Crippen LogP contribution in [0.5, 0.6) is 5.75 Å². The molecule has 1 aliphatic rings. The number of carbonyl (C=O) groups is 1. The van der Waals surface area contributed by atoms with E-state index < -0.39 is 6.23 Å². The molecular formula is C14H17NO3. The molecule has 1 N–H and O–H groups in total. The van der Waals surface area contributed by atoms with Crippen molar-refractivity contribution in [3.05, 3.63) is 42.0 Å². The van der Waals surface area contributed by atoms with Crippen molar-refractivity contribution in [1.82, 2.24) is 4.90 Å². The lowest BCUT2D eigenvalue weighted by molar-refractivity contribution is -0.120. The number of carbonyl (C=O) groups excluding carboxylic acids is 1. The molecule has 1 heterocycles. The number of ketones is 1. The second kappa shape index (κ2) is 5.33. The van der Waals surface area contributed by atoms with Gasteiger partial charge in [-0.05, 0) is 36.8 Å². The predicted molar refractivity (Wildman–Crippen MR) is 68.3 cm³/mol. The highest BCUT2D eigenvalue weighted by Crippen LogP contribution is 2.25. The van der Waals surface area contributed by atoms with E-state index >= 15 is 0 Å². The molecule has 0 unspecified atom stereocenters. The Morgan fingerprint density at radius 2 is 2.06 bits per heavy atom. The molecular weight excluding hydrogens is 230 g/mol. The molecule has 0 bridgehead atoms. The van der Waals surface area contributed by atoms with Gasteiger partial charge < -0.3 is 9.84 Å². The molecule has 0 fully saturated rings. The molecule has 0 aromatic heterocycles. The number of rotatable bonds is 3. The SMILES string of the molecule is COc1ccc([C@@H](C)N2CC(=O)C=C[C@H]2O)cc1. The third-order valence-electron chi connectivity index (χ3n) is 3.23. The van der Waals surface area contributed by atoms with Gasteiger partial charge in [-0.1, -0.05) is 12.1 Å². The summed E-state index contributed by atoms with van der Waals surface area (Å²) in [6, 6.07) is 7.61. The van der Waals surface area contributed by atoms with E-state index in [1.54, 1.807) is 12.0 Å². The van der Waals surface area contributed by atoms with Gasteiger partial charge in [0, 0.05) is 6.04 Å². The Hall–Kier alpha value is -1.65. The maximum atomic E-state index is 11.4. The molecule has 0 aliphatic carbocycles. The van der Waals surface area contributed by atoms with E-state index in [2.05, 4.69) is 0 Å². The van der Waals surface area contributed by atoms with Crippen molar-refractivity contribution in [2.24, 2.45) is 0 Å². The quantitative estimate of drug-likeness (QED) is 0.879. The number of hydrogen-bond donors (Lipinski definition) is 1. The first kappa shape index (κ1) is 12.8. The Labute approximate surface area is 106 Å². The first-order valence-corrected chi connectivity index (χ1v) is 5.90. The van der Waals surface area contributed by atoms with Gasteiger partial charge in [-0.15, -0.1) is 0 Å². The van der Waals surface area contributed by atoms with Crippen LogP contribution in [-0.4, -0.2) is 35.7 Å². The highest BCUT2D eigenvalue weighted by molar-refractivity contribution is 5.92. The summed E-state index contributed by atoms with van der Waals surface area (Å²) in [7, 11) is 1.62. The van der Waals surface area contributed by atoms with Gasteiger partial charge in [0.15, 0.2) is 5.78 Å². The van der Waals surface area contributed by atoms with E-state index in [0.717, 1.165) is 11.3 Å². The van der Waals surface area contributed by atoms with E-state index in [1.165, 1.54) is 12.2 Å². The highest BCUT2D eigenvalue weighted by atomic mass is 16.5. The summed E-state index contributed by atoms with van der Waals surface area (Å²) in [5, 5.41) is 9.88. The Morgan fingerprint density at radius 3 is 2.67 bits per heavy atom. The normalized spacial score (nSPS) is 21.9. The fourth-order valence-electron chi connectivity index (χ4n) is 2.07. The van der Waals surface area contributed by atoms with Crippen LogP contribution in [0.2, 0.25) is 0 Å². The minimum Gasteiger partial charge on any atom is -0.497 e. The lowest BCUT2D eigenvalue weighted by Gasteiger charge is -2.33. The van der Waals surface area contributed by atoms with Crippen LogP contribution in [0.4, 0.5) is 0 Å². The number of hydrogen-bond acceptors (Lipinski definition) is 4. The smallest absolute Gasteiger partial charge is 0.169 e. The minimum absolute atomic E-state index is 0.0145. The van der Waals surface area contributed by atoms with Gasteiger partial charge in [0.05, 0.1) is 13.7 Å². The molecule has 1 aromatic rings. The highest BCUT2D eigenvalue weighted by Gasteiger charge is 2.26. The number of benzene rings is 1. The van der Waals surface area contributed by atoms with Gasteiger partial charge in [-0.25, -0.2) is 0 Å². The van der Waals surface area contributed by atoms with Crippen LogP contribution < -0.4 is 4.74 Å². The molecule has 1 aromatic carbocycles. The van der Waals surface area contributed by atoms with Crippen molar-refractivity contribution in [3.63, 3.8) is 0 Å². The Morgan fingerprint density at radius 1 is 1.39 bits per heavy atom. The average molecular weight is 247 g/mol. The van der Waals surface area contributed by atoms with Crippen LogP contribution in [0.3, 0.4) is 0 Å². The van der Waals surface area contributed by atoms with Gasteiger partial charge in [-0.2, -0.15) is 0 Å². The predicted octanol–water partition coefficient (Wildman–Crippen LogP) is 1.52. The Balaban J connectivity index is 2.17. The molecule has 0 saturated heterocycles. The summed E-state index contributed by atoms with van der Waals surface area (Å²) >= 11 is 0. The molecule has 0 spiro atoms. The lowest BCUT2D eigenvalue weighted by atomic mass is 10.0. The van der Waals surface area contributed by atoms with Gasteiger partial charge in [-0.3, -0.25) is 9.69 Å². The third kappa shape index (κ3) is 2.60. The maximum absolute atomic E-state index is 11.4. The van der Waals surface area contributed by atoms with E-state index in [9.17, 15) is 9.90 Å². The van der Waals surface area contributed by atoms with E-state index in [-0.39, 0.29) is 18.4 Å². The van der Waals surface area contributed by atoms with Gasteiger partial charge >= 0.3 is 0 Å². The number of aliphatic hydroxyl groups is 1. The number of ether oxygens (including phenoxy) is 1. The van der Waals surface area contributed by atoms with Crippen molar-refractivity contribution >= 4 is 5.78 Å². The fourth-order valence-corrected chi connectivity index (χ4v) is 2.07. The van der Waals surface area contributed by atoms with Crippen LogP contribution in [0.25, 0.3) is 0 Å². The van der Waals surface area contributed by atoms with Crippen LogP contribution in [0, 0.1) is 0 Å². The van der Waals surface area contributed by atoms with Crippen LogP contribution in [0.1, 0.15) is 18.5 Å². The summed E-state index contributed by atoms with van der Waals surface area (Å²) in [4.78, 5) is 13.1. The summed E-state index contributed by atoms with van der Waals surface area (Å²) in [5.41, 5.74) is 1.04. The van der Waals surface area contributed by atoms with Gasteiger partial charge in [0.2, 0.25) is 0 Å². The van der Waals surface area contributed by atoms with Crippen molar-refractivity contribution in [2.75, 3.05) is 13.7 Å². The second-order valence-corrected chi connectivity index (χ2v) is 4.36. The molecule has 0 saturated carbocycles. The monoisotopic (exact) mass is 247 g/mol. The molecule has 2 rings (SSSR count).